The van der Waals surface area contributed by atoms with E-state index in [-0.39, 0.29) is 0 Å². The zero-order valence-electron chi connectivity index (χ0n) is 13.0. The molecule has 1 unspecified atom stereocenters. The van der Waals surface area contributed by atoms with Crippen LogP contribution in [0.1, 0.15) is 42.9 Å². The Labute approximate surface area is 133 Å². The van der Waals surface area contributed by atoms with Crippen LogP contribution in [0.4, 0.5) is 0 Å². The Morgan fingerprint density at radius 2 is 1.68 bits per heavy atom. The van der Waals surface area contributed by atoms with E-state index in [1.807, 2.05) is 0 Å². The molecule has 1 aliphatic heterocycles. The van der Waals surface area contributed by atoms with Gasteiger partial charge in [-0.25, -0.2) is 0 Å². The minimum absolute atomic E-state index is 0.377. The van der Waals surface area contributed by atoms with E-state index in [0.717, 1.165) is 25.8 Å². The Morgan fingerprint density at radius 1 is 0.955 bits per heavy atom. The molecule has 2 nitrogen and oxygen atoms in total. The van der Waals surface area contributed by atoms with Gasteiger partial charge in [-0.05, 0) is 36.8 Å². The summed E-state index contributed by atoms with van der Waals surface area (Å²) in [6.07, 6.45) is 5.75. The van der Waals surface area contributed by atoms with Gasteiger partial charge in [-0.2, -0.15) is 0 Å². The number of aliphatic imine (C=N–C) groups is 1. The molecule has 2 aromatic carbocycles. The molecule has 1 N–H and O–H groups in total. The van der Waals surface area contributed by atoms with E-state index in [9.17, 15) is 0 Å². The van der Waals surface area contributed by atoms with Gasteiger partial charge in [0.05, 0.1) is 11.9 Å². The van der Waals surface area contributed by atoms with Gasteiger partial charge < -0.3 is 5.32 Å². The second-order valence-corrected chi connectivity index (χ2v) is 5.92. The maximum atomic E-state index is 4.57. The van der Waals surface area contributed by atoms with Crippen molar-refractivity contribution in [3.63, 3.8) is 0 Å². The molecule has 0 aliphatic carbocycles. The quantitative estimate of drug-likeness (QED) is 0.831. The smallest absolute Gasteiger partial charge is 0.0968 e. The normalized spacial score (nSPS) is 15.4. The number of hydrogen-bond acceptors (Lipinski definition) is 2. The summed E-state index contributed by atoms with van der Waals surface area (Å²) in [7, 11) is 0. The lowest BCUT2D eigenvalue weighted by Gasteiger charge is -2.20. The highest BCUT2D eigenvalue weighted by Crippen LogP contribution is 2.21. The van der Waals surface area contributed by atoms with Gasteiger partial charge in [0.25, 0.3) is 0 Å². The van der Waals surface area contributed by atoms with Gasteiger partial charge in [-0.3, -0.25) is 4.99 Å². The molecule has 0 radical (unpaired) electrons. The fraction of sp³-hybridized carbons (Fsp3) is 0.350. The third kappa shape index (κ3) is 4.20. The van der Waals surface area contributed by atoms with Crippen molar-refractivity contribution in [2.24, 2.45) is 4.99 Å². The van der Waals surface area contributed by atoms with Gasteiger partial charge in [0.1, 0.15) is 0 Å². The minimum Gasteiger partial charge on any atom is -0.367 e. The molecule has 1 heterocycles. The maximum Gasteiger partial charge on any atom is 0.0968 e. The molecule has 0 bridgehead atoms. The van der Waals surface area contributed by atoms with Crippen LogP contribution in [0.25, 0.3) is 0 Å². The third-order valence-electron chi connectivity index (χ3n) is 4.22. The van der Waals surface area contributed by atoms with Gasteiger partial charge in [-0.1, -0.05) is 60.7 Å². The molecule has 2 heteroatoms. The molecule has 22 heavy (non-hydrogen) atoms. The first-order valence-corrected chi connectivity index (χ1v) is 8.30. The van der Waals surface area contributed by atoms with Gasteiger partial charge in [0, 0.05) is 13.0 Å². The van der Waals surface area contributed by atoms with E-state index in [2.05, 4.69) is 71.0 Å². The minimum atomic E-state index is 0.377. The maximum absolute atomic E-state index is 4.57. The SMILES string of the molecule is c1ccc(CCCC(NC2=NCCC2)c2ccccc2)cc1. The summed E-state index contributed by atoms with van der Waals surface area (Å²) in [4.78, 5) is 4.57. The number of rotatable bonds is 6. The summed E-state index contributed by atoms with van der Waals surface area (Å²) in [5.41, 5.74) is 2.79. The van der Waals surface area contributed by atoms with Crippen molar-refractivity contribution in [2.45, 2.75) is 38.1 Å². The van der Waals surface area contributed by atoms with Crippen molar-refractivity contribution in [2.75, 3.05) is 6.54 Å². The Kier molecular flexibility index (Phi) is 5.25. The number of hydrogen-bond donors (Lipinski definition) is 1. The fourth-order valence-corrected chi connectivity index (χ4v) is 3.02. The van der Waals surface area contributed by atoms with Crippen molar-refractivity contribution >= 4 is 5.84 Å². The zero-order valence-corrected chi connectivity index (χ0v) is 13.0. The Bertz CT molecular complexity index is 590. The topological polar surface area (TPSA) is 24.4 Å². The lowest BCUT2D eigenvalue weighted by atomic mass is 9.99. The molecule has 1 atom stereocenters. The predicted molar refractivity (Wildman–Crippen MR) is 93.2 cm³/mol. The van der Waals surface area contributed by atoms with Crippen molar-refractivity contribution < 1.29 is 0 Å². The monoisotopic (exact) mass is 292 g/mol. The summed E-state index contributed by atoms with van der Waals surface area (Å²) < 4.78 is 0. The summed E-state index contributed by atoms with van der Waals surface area (Å²) in [5, 5.41) is 3.67. The van der Waals surface area contributed by atoms with E-state index in [1.165, 1.54) is 29.8 Å². The Hall–Kier alpha value is -2.09. The summed E-state index contributed by atoms with van der Waals surface area (Å²) in [5.74, 6) is 1.19. The fourth-order valence-electron chi connectivity index (χ4n) is 3.02. The van der Waals surface area contributed by atoms with Crippen LogP contribution in [0.2, 0.25) is 0 Å². The van der Waals surface area contributed by atoms with Gasteiger partial charge in [-0.15, -0.1) is 0 Å². The second kappa shape index (κ2) is 7.79. The van der Waals surface area contributed by atoms with Crippen LogP contribution in [0, 0.1) is 0 Å². The van der Waals surface area contributed by atoms with E-state index in [0.29, 0.717) is 6.04 Å². The first-order chi connectivity index (χ1) is 10.9. The van der Waals surface area contributed by atoms with E-state index >= 15 is 0 Å². The molecule has 0 fully saturated rings. The number of nitrogens with one attached hydrogen (secondary N) is 1. The van der Waals surface area contributed by atoms with E-state index in [1.54, 1.807) is 0 Å². The Balaban J connectivity index is 1.61. The number of nitrogens with zero attached hydrogens (tertiary/aromatic N) is 1. The van der Waals surface area contributed by atoms with Gasteiger partial charge in [0.2, 0.25) is 0 Å². The van der Waals surface area contributed by atoms with Crippen LogP contribution in [-0.2, 0) is 6.42 Å². The summed E-state index contributed by atoms with van der Waals surface area (Å²) >= 11 is 0. The van der Waals surface area contributed by atoms with Crippen molar-refractivity contribution in [3.05, 3.63) is 71.8 Å². The predicted octanol–water partition coefficient (Wildman–Crippen LogP) is 4.53. The molecule has 2 aromatic rings. The highest BCUT2D eigenvalue weighted by Gasteiger charge is 2.15. The first kappa shape index (κ1) is 14.8. The van der Waals surface area contributed by atoms with Crippen LogP contribution < -0.4 is 5.32 Å². The van der Waals surface area contributed by atoms with Crippen LogP contribution in [0.3, 0.4) is 0 Å². The molecule has 0 saturated heterocycles. The van der Waals surface area contributed by atoms with Gasteiger partial charge >= 0.3 is 0 Å². The molecule has 114 valence electrons. The zero-order chi connectivity index (χ0) is 15.0. The van der Waals surface area contributed by atoms with Crippen molar-refractivity contribution in [1.82, 2.24) is 5.32 Å². The number of aryl methyl sites for hydroxylation is 1. The van der Waals surface area contributed by atoms with Crippen molar-refractivity contribution in [3.8, 4) is 0 Å². The lowest BCUT2D eigenvalue weighted by molar-refractivity contribution is 0.559. The third-order valence-corrected chi connectivity index (χ3v) is 4.22. The first-order valence-electron chi connectivity index (χ1n) is 8.30. The molecular weight excluding hydrogens is 268 g/mol. The van der Waals surface area contributed by atoms with Crippen LogP contribution >= 0.6 is 0 Å². The molecule has 3 rings (SSSR count). The molecule has 0 spiro atoms. The molecule has 0 amide bonds. The molecule has 0 aromatic heterocycles. The average Bonchev–Trinajstić information content (AvgIpc) is 3.09. The summed E-state index contributed by atoms with van der Waals surface area (Å²) in [6, 6.07) is 21.9. The number of benzene rings is 2. The lowest BCUT2D eigenvalue weighted by Crippen LogP contribution is -2.27. The molecule has 1 aliphatic rings. The van der Waals surface area contributed by atoms with E-state index in [4.69, 9.17) is 0 Å². The van der Waals surface area contributed by atoms with Crippen LogP contribution in [0.15, 0.2) is 65.7 Å². The molecule has 0 saturated carbocycles. The highest BCUT2D eigenvalue weighted by atomic mass is 15.0. The van der Waals surface area contributed by atoms with Crippen LogP contribution in [-0.4, -0.2) is 12.4 Å². The number of amidine groups is 1. The van der Waals surface area contributed by atoms with Crippen molar-refractivity contribution in [1.29, 1.82) is 0 Å². The van der Waals surface area contributed by atoms with Gasteiger partial charge in [0.15, 0.2) is 0 Å². The standard InChI is InChI=1S/C20H24N2/c1-3-9-17(10-4-1)11-7-14-19(18-12-5-2-6-13-18)22-20-15-8-16-21-20/h1-6,9-10,12-13,19H,7-8,11,14-16H2,(H,21,22). The second-order valence-electron chi connectivity index (χ2n) is 5.92. The largest absolute Gasteiger partial charge is 0.367 e. The van der Waals surface area contributed by atoms with E-state index < -0.39 is 0 Å². The Morgan fingerprint density at radius 3 is 2.36 bits per heavy atom. The summed E-state index contributed by atoms with van der Waals surface area (Å²) in [6.45, 7) is 0.980. The van der Waals surface area contributed by atoms with Crippen LogP contribution in [0.5, 0.6) is 0 Å². The average molecular weight is 292 g/mol. The highest BCUT2D eigenvalue weighted by molar-refractivity contribution is 5.83. The molecular formula is C20H24N2.